The molecular weight excluding hydrogens is 279 g/mol. The smallest absolute Gasteiger partial charge is 0.406 e. The molecule has 1 unspecified atom stereocenters. The van der Waals surface area contributed by atoms with Crippen molar-refractivity contribution in [3.63, 3.8) is 0 Å². The zero-order valence-electron chi connectivity index (χ0n) is 11.7. The van der Waals surface area contributed by atoms with Gasteiger partial charge in [0, 0.05) is 0 Å². The van der Waals surface area contributed by atoms with Gasteiger partial charge in [0.1, 0.15) is 5.75 Å². The standard InChI is InChI=1S/C16H16F3NO/c1-10-5-3-6-11(2)14(10)15(20)12-7-4-8-13(9-12)21-16(17,18)19/h3-9,15H,20H2,1-2H3. The van der Waals surface area contributed by atoms with Crippen LogP contribution in [0.4, 0.5) is 13.2 Å². The lowest BCUT2D eigenvalue weighted by Crippen LogP contribution is -2.18. The summed E-state index contributed by atoms with van der Waals surface area (Å²) >= 11 is 0. The highest BCUT2D eigenvalue weighted by Crippen LogP contribution is 2.29. The molecule has 2 nitrogen and oxygen atoms in total. The molecule has 1 atom stereocenters. The lowest BCUT2D eigenvalue weighted by molar-refractivity contribution is -0.274. The van der Waals surface area contributed by atoms with Crippen molar-refractivity contribution >= 4 is 0 Å². The molecule has 2 aromatic carbocycles. The van der Waals surface area contributed by atoms with Gasteiger partial charge in [-0.05, 0) is 48.2 Å². The predicted octanol–water partition coefficient (Wildman–Crippen LogP) is 4.25. The van der Waals surface area contributed by atoms with E-state index in [0.29, 0.717) is 5.56 Å². The van der Waals surface area contributed by atoms with E-state index in [9.17, 15) is 13.2 Å². The number of hydrogen-bond acceptors (Lipinski definition) is 2. The van der Waals surface area contributed by atoms with Crippen LogP contribution in [0, 0.1) is 13.8 Å². The normalized spacial score (nSPS) is 13.0. The third-order valence-electron chi connectivity index (χ3n) is 3.30. The first-order chi connectivity index (χ1) is 9.78. The molecule has 21 heavy (non-hydrogen) atoms. The Morgan fingerprint density at radius 1 is 1.00 bits per heavy atom. The third-order valence-corrected chi connectivity index (χ3v) is 3.30. The lowest BCUT2D eigenvalue weighted by Gasteiger charge is -2.19. The third kappa shape index (κ3) is 3.76. The van der Waals surface area contributed by atoms with Gasteiger partial charge >= 0.3 is 6.36 Å². The zero-order chi connectivity index (χ0) is 15.6. The van der Waals surface area contributed by atoms with Gasteiger partial charge in [-0.25, -0.2) is 0 Å². The van der Waals surface area contributed by atoms with Crippen molar-refractivity contribution in [1.82, 2.24) is 0 Å². The molecule has 0 spiro atoms. The summed E-state index contributed by atoms with van der Waals surface area (Å²) in [7, 11) is 0. The number of nitrogens with two attached hydrogens (primary N) is 1. The number of benzene rings is 2. The molecule has 0 aliphatic rings. The summed E-state index contributed by atoms with van der Waals surface area (Å²) in [6, 6.07) is 11.1. The molecule has 5 heteroatoms. The molecule has 2 N–H and O–H groups in total. The second kappa shape index (κ2) is 5.77. The van der Waals surface area contributed by atoms with Crippen LogP contribution in [0.15, 0.2) is 42.5 Å². The van der Waals surface area contributed by atoms with Crippen molar-refractivity contribution in [2.24, 2.45) is 5.73 Å². The summed E-state index contributed by atoms with van der Waals surface area (Å²) in [4.78, 5) is 0. The number of aryl methyl sites for hydroxylation is 2. The first kappa shape index (κ1) is 15.4. The van der Waals surface area contributed by atoms with E-state index in [1.165, 1.54) is 18.2 Å². The Balaban J connectivity index is 2.36. The molecule has 0 fully saturated rings. The molecule has 2 rings (SSSR count). The van der Waals surface area contributed by atoms with E-state index in [1.54, 1.807) is 6.07 Å². The Kier molecular flexibility index (Phi) is 4.23. The van der Waals surface area contributed by atoms with Gasteiger partial charge in [0.2, 0.25) is 0 Å². The fraction of sp³-hybridized carbons (Fsp3) is 0.250. The highest BCUT2D eigenvalue weighted by Gasteiger charge is 2.31. The summed E-state index contributed by atoms with van der Waals surface area (Å²) in [6.07, 6.45) is -4.71. The molecule has 0 aliphatic heterocycles. The molecule has 0 radical (unpaired) electrons. The summed E-state index contributed by atoms with van der Waals surface area (Å²) in [5, 5.41) is 0. The van der Waals surface area contributed by atoms with Crippen molar-refractivity contribution in [3.8, 4) is 5.75 Å². The van der Waals surface area contributed by atoms with E-state index in [-0.39, 0.29) is 5.75 Å². The first-order valence-electron chi connectivity index (χ1n) is 6.45. The first-order valence-corrected chi connectivity index (χ1v) is 6.45. The van der Waals surface area contributed by atoms with Gasteiger partial charge in [-0.3, -0.25) is 0 Å². The van der Waals surface area contributed by atoms with E-state index in [0.717, 1.165) is 16.7 Å². The molecule has 0 saturated carbocycles. The average molecular weight is 295 g/mol. The molecular formula is C16H16F3NO. The molecule has 2 aromatic rings. The van der Waals surface area contributed by atoms with Gasteiger partial charge in [-0.15, -0.1) is 13.2 Å². The quantitative estimate of drug-likeness (QED) is 0.918. The van der Waals surface area contributed by atoms with Crippen LogP contribution in [0.1, 0.15) is 28.3 Å². The number of rotatable bonds is 3. The Labute approximate surface area is 121 Å². The van der Waals surface area contributed by atoms with E-state index in [4.69, 9.17) is 5.73 Å². The van der Waals surface area contributed by atoms with Crippen LogP contribution < -0.4 is 10.5 Å². The van der Waals surface area contributed by atoms with Gasteiger partial charge in [0.05, 0.1) is 6.04 Å². The highest BCUT2D eigenvalue weighted by molar-refractivity contribution is 5.43. The van der Waals surface area contributed by atoms with Crippen molar-refractivity contribution in [1.29, 1.82) is 0 Å². The predicted molar refractivity (Wildman–Crippen MR) is 75.1 cm³/mol. The minimum Gasteiger partial charge on any atom is -0.406 e. The maximum Gasteiger partial charge on any atom is 0.573 e. The monoisotopic (exact) mass is 295 g/mol. The summed E-state index contributed by atoms with van der Waals surface area (Å²) in [6.45, 7) is 3.86. The van der Waals surface area contributed by atoms with Crippen LogP contribution in [-0.4, -0.2) is 6.36 Å². The van der Waals surface area contributed by atoms with Crippen molar-refractivity contribution in [3.05, 3.63) is 64.7 Å². The number of ether oxygens (including phenoxy) is 1. The Morgan fingerprint density at radius 2 is 1.57 bits per heavy atom. The van der Waals surface area contributed by atoms with Crippen molar-refractivity contribution < 1.29 is 17.9 Å². The molecule has 0 amide bonds. The topological polar surface area (TPSA) is 35.2 Å². The van der Waals surface area contributed by atoms with Crippen LogP contribution in [0.2, 0.25) is 0 Å². The molecule has 112 valence electrons. The van der Waals surface area contributed by atoms with E-state index in [1.807, 2.05) is 32.0 Å². The molecule has 0 bridgehead atoms. The van der Waals surface area contributed by atoms with Crippen LogP contribution in [0.5, 0.6) is 5.75 Å². The Hall–Kier alpha value is -2.01. The second-order valence-electron chi connectivity index (χ2n) is 4.90. The second-order valence-corrected chi connectivity index (χ2v) is 4.90. The van der Waals surface area contributed by atoms with Crippen LogP contribution in [0.25, 0.3) is 0 Å². The van der Waals surface area contributed by atoms with E-state index >= 15 is 0 Å². The number of alkyl halides is 3. The van der Waals surface area contributed by atoms with Crippen molar-refractivity contribution in [2.75, 3.05) is 0 Å². The minimum absolute atomic E-state index is 0.262. The summed E-state index contributed by atoms with van der Waals surface area (Å²) < 4.78 is 40.7. The molecule has 0 heterocycles. The van der Waals surface area contributed by atoms with Crippen LogP contribution in [-0.2, 0) is 0 Å². The van der Waals surface area contributed by atoms with Crippen LogP contribution in [0.3, 0.4) is 0 Å². The Bertz CT molecular complexity index is 617. The van der Waals surface area contributed by atoms with Gasteiger partial charge in [0.25, 0.3) is 0 Å². The van der Waals surface area contributed by atoms with Gasteiger partial charge < -0.3 is 10.5 Å². The van der Waals surface area contributed by atoms with Gasteiger partial charge in [0.15, 0.2) is 0 Å². The summed E-state index contributed by atoms with van der Waals surface area (Å²) in [5.41, 5.74) is 9.72. The maximum absolute atomic E-state index is 12.3. The minimum atomic E-state index is -4.71. The number of hydrogen-bond donors (Lipinski definition) is 1. The molecule has 0 saturated heterocycles. The van der Waals surface area contributed by atoms with E-state index < -0.39 is 12.4 Å². The fourth-order valence-corrected chi connectivity index (χ4v) is 2.39. The lowest BCUT2D eigenvalue weighted by atomic mass is 9.92. The van der Waals surface area contributed by atoms with Crippen molar-refractivity contribution in [2.45, 2.75) is 26.3 Å². The Morgan fingerprint density at radius 3 is 2.14 bits per heavy atom. The van der Waals surface area contributed by atoms with Crippen LogP contribution >= 0.6 is 0 Å². The molecule has 0 aliphatic carbocycles. The SMILES string of the molecule is Cc1cccc(C)c1C(N)c1cccc(OC(F)(F)F)c1. The number of halogens is 3. The average Bonchev–Trinajstić information content (AvgIpc) is 2.36. The highest BCUT2D eigenvalue weighted by atomic mass is 19.4. The van der Waals surface area contributed by atoms with Gasteiger partial charge in [-0.1, -0.05) is 30.3 Å². The summed E-state index contributed by atoms with van der Waals surface area (Å²) in [5.74, 6) is -0.262. The fourth-order valence-electron chi connectivity index (χ4n) is 2.39. The van der Waals surface area contributed by atoms with Gasteiger partial charge in [-0.2, -0.15) is 0 Å². The largest absolute Gasteiger partial charge is 0.573 e. The zero-order valence-corrected chi connectivity index (χ0v) is 11.7. The maximum atomic E-state index is 12.3. The van der Waals surface area contributed by atoms with E-state index in [2.05, 4.69) is 4.74 Å². The molecule has 0 aromatic heterocycles.